The molecule has 3 N–H and O–H groups in total. The van der Waals surface area contributed by atoms with Gasteiger partial charge in [0.25, 0.3) is 0 Å². The number of rotatable bonds is 3. The monoisotopic (exact) mass is 294 g/mol. The molecule has 3 rings (SSSR count). The van der Waals surface area contributed by atoms with Crippen LogP contribution in [0.2, 0.25) is 0 Å². The lowest BCUT2D eigenvalue weighted by Gasteiger charge is -2.09. The summed E-state index contributed by atoms with van der Waals surface area (Å²) < 4.78 is 23.0. The molecule has 0 saturated heterocycles. The van der Waals surface area contributed by atoms with Crippen molar-refractivity contribution in [1.29, 1.82) is 0 Å². The van der Waals surface area contributed by atoms with Crippen LogP contribution < -0.4 is 10.5 Å². The van der Waals surface area contributed by atoms with Crippen LogP contribution in [-0.2, 0) is 14.8 Å². The fraction of sp³-hybridized carbons (Fsp3) is 0.500. The maximum Gasteiger partial charge on any atom is 0.240 e. The van der Waals surface area contributed by atoms with Crippen LogP contribution in [0.15, 0.2) is 29.2 Å². The summed E-state index contributed by atoms with van der Waals surface area (Å²) in [7, 11) is -3.82. The van der Waals surface area contributed by atoms with E-state index in [1.165, 1.54) is 18.9 Å². The zero-order chi connectivity index (χ0) is 14.3. The molecule has 0 bridgehead atoms. The predicted octanol–water partition coefficient (Wildman–Crippen LogP) is 1.71. The van der Waals surface area contributed by atoms with Gasteiger partial charge >= 0.3 is 0 Å². The third kappa shape index (κ3) is 2.45. The Labute approximate surface area is 118 Å². The van der Waals surface area contributed by atoms with Crippen LogP contribution in [0.1, 0.15) is 25.7 Å². The Kier molecular flexibility index (Phi) is 3.30. The van der Waals surface area contributed by atoms with E-state index in [1.54, 1.807) is 18.2 Å². The van der Waals surface area contributed by atoms with Gasteiger partial charge in [-0.3, -0.25) is 4.79 Å². The molecule has 0 spiro atoms. The van der Waals surface area contributed by atoms with Crippen LogP contribution in [0, 0.1) is 17.8 Å². The molecule has 6 heteroatoms. The summed E-state index contributed by atoms with van der Waals surface area (Å²) in [5, 5.41) is 7.90. The molecule has 2 fully saturated rings. The molecule has 20 heavy (non-hydrogen) atoms. The van der Waals surface area contributed by atoms with Crippen molar-refractivity contribution in [1.82, 2.24) is 0 Å². The molecule has 2 atom stereocenters. The molecule has 2 unspecified atom stereocenters. The highest BCUT2D eigenvalue weighted by Gasteiger charge is 2.54. The lowest BCUT2D eigenvalue weighted by molar-refractivity contribution is -0.117. The zero-order valence-electron chi connectivity index (χ0n) is 11.1. The lowest BCUT2D eigenvalue weighted by Crippen LogP contribution is -2.20. The molecule has 2 aliphatic rings. The van der Waals surface area contributed by atoms with Crippen molar-refractivity contribution in [2.75, 3.05) is 5.32 Å². The summed E-state index contributed by atoms with van der Waals surface area (Å²) in [4.78, 5) is 12.2. The Morgan fingerprint density at radius 3 is 2.35 bits per heavy atom. The second-order valence-electron chi connectivity index (χ2n) is 5.67. The smallest absolute Gasteiger partial charge is 0.240 e. The minimum absolute atomic E-state index is 0.0306. The fourth-order valence-electron chi connectivity index (χ4n) is 3.42. The van der Waals surface area contributed by atoms with Crippen molar-refractivity contribution < 1.29 is 13.2 Å². The number of carbonyl (C=O) groups is 1. The number of anilines is 1. The summed E-state index contributed by atoms with van der Waals surface area (Å²) in [5.41, 5.74) is 0.281. The van der Waals surface area contributed by atoms with Crippen molar-refractivity contribution in [2.45, 2.75) is 30.6 Å². The van der Waals surface area contributed by atoms with Crippen LogP contribution >= 0.6 is 0 Å². The van der Waals surface area contributed by atoms with Gasteiger partial charge in [-0.2, -0.15) is 0 Å². The molecule has 1 aromatic rings. The number of sulfonamides is 1. The van der Waals surface area contributed by atoms with Gasteiger partial charge in [0.1, 0.15) is 4.90 Å². The molecule has 0 heterocycles. The molecule has 1 amide bonds. The first-order valence-corrected chi connectivity index (χ1v) is 8.46. The molecule has 5 nitrogen and oxygen atoms in total. The maximum absolute atomic E-state index is 12.3. The topological polar surface area (TPSA) is 89.3 Å². The van der Waals surface area contributed by atoms with Crippen molar-refractivity contribution in [2.24, 2.45) is 22.9 Å². The number of para-hydroxylation sites is 1. The second-order valence-corrected chi connectivity index (χ2v) is 7.20. The number of carbonyl (C=O) groups excluding carboxylic acids is 1. The van der Waals surface area contributed by atoms with E-state index in [1.807, 2.05) is 0 Å². The Balaban J connectivity index is 1.77. The van der Waals surface area contributed by atoms with E-state index >= 15 is 0 Å². The summed E-state index contributed by atoms with van der Waals surface area (Å²) in [6.45, 7) is 0. The SMILES string of the molecule is NS(=O)(=O)c1ccccc1NC(=O)C1C2CCCCC21. The Bertz CT molecular complexity index is 630. The van der Waals surface area contributed by atoms with E-state index in [2.05, 4.69) is 5.32 Å². The number of benzene rings is 1. The third-order valence-electron chi connectivity index (χ3n) is 4.41. The molecule has 0 aromatic heterocycles. The van der Waals surface area contributed by atoms with Gasteiger partial charge < -0.3 is 5.32 Å². The van der Waals surface area contributed by atoms with Gasteiger partial charge in [0.15, 0.2) is 0 Å². The van der Waals surface area contributed by atoms with Gasteiger partial charge in [-0.05, 0) is 36.8 Å². The van der Waals surface area contributed by atoms with Gasteiger partial charge in [0.05, 0.1) is 5.69 Å². The third-order valence-corrected chi connectivity index (χ3v) is 5.38. The van der Waals surface area contributed by atoms with Gasteiger partial charge in [-0.1, -0.05) is 25.0 Å². The Morgan fingerprint density at radius 2 is 1.75 bits per heavy atom. The summed E-state index contributed by atoms with van der Waals surface area (Å²) in [5.74, 6) is 0.958. The quantitative estimate of drug-likeness (QED) is 0.889. The standard InChI is InChI=1S/C14H18N2O3S/c15-20(18,19)12-8-4-3-7-11(12)16-14(17)13-9-5-1-2-6-10(9)13/h3-4,7-10,13H,1-2,5-6H2,(H,16,17)(H2,15,18,19). The first-order chi connectivity index (χ1) is 9.48. The molecule has 108 valence electrons. The van der Waals surface area contributed by atoms with Gasteiger partial charge in [-0.25, -0.2) is 13.6 Å². The minimum atomic E-state index is -3.82. The predicted molar refractivity (Wildman–Crippen MR) is 75.4 cm³/mol. The molecular weight excluding hydrogens is 276 g/mol. The van der Waals surface area contributed by atoms with E-state index in [0.29, 0.717) is 11.8 Å². The molecule has 0 radical (unpaired) electrons. The largest absolute Gasteiger partial charge is 0.325 e. The number of fused-ring (bicyclic) bond motifs is 1. The van der Waals surface area contributed by atoms with Crippen molar-refractivity contribution >= 4 is 21.6 Å². The normalized spacial score (nSPS) is 28.6. The summed E-state index contributed by atoms with van der Waals surface area (Å²) >= 11 is 0. The van der Waals surface area contributed by atoms with Crippen LogP contribution in [0.25, 0.3) is 0 Å². The lowest BCUT2D eigenvalue weighted by atomic mass is 10.0. The van der Waals surface area contributed by atoms with Crippen LogP contribution in [-0.4, -0.2) is 14.3 Å². The number of nitrogens with one attached hydrogen (secondary N) is 1. The van der Waals surface area contributed by atoms with Crippen molar-refractivity contribution in [3.05, 3.63) is 24.3 Å². The summed E-state index contributed by atoms with van der Waals surface area (Å²) in [6, 6.07) is 6.26. The van der Waals surface area contributed by atoms with E-state index < -0.39 is 10.0 Å². The average molecular weight is 294 g/mol. The van der Waals surface area contributed by atoms with E-state index in [4.69, 9.17) is 5.14 Å². The molecule has 1 aromatic carbocycles. The minimum Gasteiger partial charge on any atom is -0.325 e. The van der Waals surface area contributed by atoms with E-state index in [9.17, 15) is 13.2 Å². The molecule has 0 aliphatic heterocycles. The molecule has 2 saturated carbocycles. The first kappa shape index (κ1) is 13.6. The molecular formula is C14H18N2O3S. The number of primary sulfonamides is 1. The van der Waals surface area contributed by atoms with Crippen LogP contribution in [0.5, 0.6) is 0 Å². The fourth-order valence-corrected chi connectivity index (χ4v) is 4.11. The Hall–Kier alpha value is -1.40. The highest BCUT2D eigenvalue weighted by Crippen LogP contribution is 2.55. The second kappa shape index (κ2) is 4.86. The average Bonchev–Trinajstić information content (AvgIpc) is 3.12. The van der Waals surface area contributed by atoms with E-state index in [0.717, 1.165) is 12.8 Å². The van der Waals surface area contributed by atoms with Gasteiger partial charge in [0.2, 0.25) is 15.9 Å². The number of nitrogens with two attached hydrogens (primary N) is 1. The number of hydrogen-bond donors (Lipinski definition) is 2. The van der Waals surface area contributed by atoms with Crippen molar-refractivity contribution in [3.63, 3.8) is 0 Å². The van der Waals surface area contributed by atoms with Crippen molar-refractivity contribution in [3.8, 4) is 0 Å². The maximum atomic E-state index is 12.3. The number of hydrogen-bond acceptors (Lipinski definition) is 3. The zero-order valence-corrected chi connectivity index (χ0v) is 11.9. The highest BCUT2D eigenvalue weighted by atomic mass is 32.2. The highest BCUT2D eigenvalue weighted by molar-refractivity contribution is 7.89. The van der Waals surface area contributed by atoms with Crippen LogP contribution in [0.4, 0.5) is 5.69 Å². The molecule has 2 aliphatic carbocycles. The number of amides is 1. The summed E-state index contributed by atoms with van der Waals surface area (Å²) in [6.07, 6.45) is 4.61. The van der Waals surface area contributed by atoms with Crippen LogP contribution in [0.3, 0.4) is 0 Å². The van der Waals surface area contributed by atoms with Gasteiger partial charge in [-0.15, -0.1) is 0 Å². The van der Waals surface area contributed by atoms with Gasteiger partial charge in [0, 0.05) is 5.92 Å². The Morgan fingerprint density at radius 1 is 1.15 bits per heavy atom. The van der Waals surface area contributed by atoms with E-state index in [-0.39, 0.29) is 22.4 Å². The first-order valence-electron chi connectivity index (χ1n) is 6.91.